The van der Waals surface area contributed by atoms with E-state index in [9.17, 15) is 26.4 Å². The molecule has 176 valence electrons. The molecule has 1 amide bonds. The van der Waals surface area contributed by atoms with Crippen molar-refractivity contribution in [2.45, 2.75) is 24.4 Å². The summed E-state index contributed by atoms with van der Waals surface area (Å²) in [7, 11) is -1.16. The fourth-order valence-corrected chi connectivity index (χ4v) is 3.64. The fraction of sp³-hybridized carbons (Fsp3) is 0.350. The molecule has 0 saturated heterocycles. The summed E-state index contributed by atoms with van der Waals surface area (Å²) < 4.78 is 79.4. The summed E-state index contributed by atoms with van der Waals surface area (Å²) in [5, 5.41) is 2.43. The SMILES string of the molecule is COc1ccc(S(=O)(=O)NCCC(=O)Nc2ccc(C)cc2OCC(F)(F)F)cc1OC. The van der Waals surface area contributed by atoms with Gasteiger partial charge in [-0.2, -0.15) is 13.2 Å². The molecule has 0 radical (unpaired) electrons. The second-order valence-corrected chi connectivity index (χ2v) is 8.38. The third kappa shape index (κ3) is 7.31. The first kappa shape index (κ1) is 25.3. The number of halogens is 3. The Labute approximate surface area is 183 Å². The number of sulfonamides is 1. The van der Waals surface area contributed by atoms with Gasteiger partial charge in [0.25, 0.3) is 0 Å². The number of methoxy groups -OCH3 is 2. The summed E-state index contributed by atoms with van der Waals surface area (Å²) in [5.41, 5.74) is 0.690. The summed E-state index contributed by atoms with van der Waals surface area (Å²) in [6.45, 7) is -0.0907. The molecule has 12 heteroatoms. The van der Waals surface area contributed by atoms with E-state index < -0.39 is 28.7 Å². The molecule has 0 fully saturated rings. The molecular weight excluding hydrogens is 453 g/mol. The van der Waals surface area contributed by atoms with Crippen LogP contribution in [0.4, 0.5) is 18.9 Å². The number of hydrogen-bond acceptors (Lipinski definition) is 6. The average Bonchev–Trinajstić information content (AvgIpc) is 2.72. The Morgan fingerprint density at radius 3 is 2.31 bits per heavy atom. The van der Waals surface area contributed by atoms with Crippen LogP contribution in [0, 0.1) is 6.92 Å². The Kier molecular flexibility index (Phi) is 8.33. The predicted molar refractivity (Wildman–Crippen MR) is 111 cm³/mol. The molecule has 0 bridgehead atoms. The number of nitrogens with one attached hydrogen (secondary N) is 2. The van der Waals surface area contributed by atoms with Crippen LogP contribution >= 0.6 is 0 Å². The number of carbonyl (C=O) groups is 1. The van der Waals surface area contributed by atoms with E-state index in [0.717, 1.165) is 0 Å². The van der Waals surface area contributed by atoms with Gasteiger partial charge in [0.05, 0.1) is 24.8 Å². The van der Waals surface area contributed by atoms with Crippen molar-refractivity contribution >= 4 is 21.6 Å². The number of amides is 1. The van der Waals surface area contributed by atoms with E-state index in [0.29, 0.717) is 11.3 Å². The highest BCUT2D eigenvalue weighted by molar-refractivity contribution is 7.89. The minimum absolute atomic E-state index is 0.0487. The number of carbonyl (C=O) groups excluding carboxylic acids is 1. The fourth-order valence-electron chi connectivity index (χ4n) is 2.59. The highest BCUT2D eigenvalue weighted by atomic mass is 32.2. The van der Waals surface area contributed by atoms with Crippen molar-refractivity contribution in [3.63, 3.8) is 0 Å². The quantitative estimate of drug-likeness (QED) is 0.546. The second-order valence-electron chi connectivity index (χ2n) is 6.62. The van der Waals surface area contributed by atoms with Crippen LogP contribution in [0.3, 0.4) is 0 Å². The normalized spacial score (nSPS) is 11.7. The number of benzene rings is 2. The molecule has 2 aromatic carbocycles. The number of anilines is 1. The molecule has 8 nitrogen and oxygen atoms in total. The van der Waals surface area contributed by atoms with Gasteiger partial charge in [0.2, 0.25) is 15.9 Å². The monoisotopic (exact) mass is 476 g/mol. The highest BCUT2D eigenvalue weighted by Crippen LogP contribution is 2.30. The van der Waals surface area contributed by atoms with Crippen molar-refractivity contribution in [2.75, 3.05) is 32.7 Å². The van der Waals surface area contributed by atoms with Crippen molar-refractivity contribution in [3.8, 4) is 17.2 Å². The lowest BCUT2D eigenvalue weighted by molar-refractivity contribution is -0.153. The molecule has 2 rings (SSSR count). The van der Waals surface area contributed by atoms with Gasteiger partial charge in [0.15, 0.2) is 18.1 Å². The number of hydrogen-bond donors (Lipinski definition) is 2. The smallest absolute Gasteiger partial charge is 0.422 e. The maximum Gasteiger partial charge on any atom is 0.422 e. The lowest BCUT2D eigenvalue weighted by Crippen LogP contribution is -2.28. The van der Waals surface area contributed by atoms with Gasteiger partial charge in [-0.25, -0.2) is 13.1 Å². The van der Waals surface area contributed by atoms with E-state index in [2.05, 4.69) is 10.0 Å². The van der Waals surface area contributed by atoms with E-state index in [1.54, 1.807) is 13.0 Å². The first-order valence-electron chi connectivity index (χ1n) is 9.27. The standard InChI is InChI=1S/C20H23F3N2O6S/c1-13-4-6-15(17(10-13)31-12-20(21,22)23)25-19(26)8-9-24-32(27,28)14-5-7-16(29-2)18(11-14)30-3/h4-7,10-11,24H,8-9,12H2,1-3H3,(H,25,26). The van der Waals surface area contributed by atoms with Gasteiger partial charge in [0.1, 0.15) is 5.75 Å². The molecule has 0 aromatic heterocycles. The van der Waals surface area contributed by atoms with Crippen LogP contribution in [0.15, 0.2) is 41.3 Å². The Morgan fingerprint density at radius 1 is 1.00 bits per heavy atom. The number of ether oxygens (including phenoxy) is 3. The zero-order chi connectivity index (χ0) is 23.9. The molecule has 2 N–H and O–H groups in total. The van der Waals surface area contributed by atoms with Crippen molar-refractivity contribution in [3.05, 3.63) is 42.0 Å². The second kappa shape index (κ2) is 10.6. The zero-order valence-corrected chi connectivity index (χ0v) is 18.4. The van der Waals surface area contributed by atoms with E-state index >= 15 is 0 Å². The Bertz CT molecular complexity index is 1060. The van der Waals surface area contributed by atoms with Crippen molar-refractivity contribution in [1.29, 1.82) is 0 Å². The van der Waals surface area contributed by atoms with E-state index in [1.165, 1.54) is 44.6 Å². The summed E-state index contributed by atoms with van der Waals surface area (Å²) in [4.78, 5) is 12.1. The van der Waals surface area contributed by atoms with Crippen molar-refractivity contribution < 1.29 is 40.6 Å². The number of alkyl halides is 3. The van der Waals surface area contributed by atoms with Gasteiger partial charge in [-0.1, -0.05) is 6.07 Å². The lowest BCUT2D eigenvalue weighted by Gasteiger charge is -2.15. The molecule has 0 atom stereocenters. The first-order valence-corrected chi connectivity index (χ1v) is 10.8. The van der Waals surface area contributed by atoms with Gasteiger partial charge in [-0.05, 0) is 36.8 Å². The molecule has 2 aromatic rings. The Balaban J connectivity index is 1.99. The largest absolute Gasteiger partial charge is 0.493 e. The maximum atomic E-state index is 12.5. The lowest BCUT2D eigenvalue weighted by atomic mass is 10.2. The van der Waals surface area contributed by atoms with Gasteiger partial charge in [-0.3, -0.25) is 4.79 Å². The van der Waals surface area contributed by atoms with E-state index in [1.807, 2.05) is 0 Å². The maximum absolute atomic E-state index is 12.5. The van der Waals surface area contributed by atoms with Crippen LogP contribution in [-0.4, -0.2) is 47.9 Å². The Hall–Kier alpha value is -2.99. The number of aryl methyl sites for hydroxylation is 1. The van der Waals surface area contributed by atoms with Gasteiger partial charge >= 0.3 is 6.18 Å². The molecule has 0 aliphatic rings. The summed E-state index contributed by atoms with van der Waals surface area (Å²) >= 11 is 0. The van der Waals surface area contributed by atoms with E-state index in [4.69, 9.17) is 14.2 Å². The number of rotatable bonds is 10. The molecule has 32 heavy (non-hydrogen) atoms. The van der Waals surface area contributed by atoms with Crippen molar-refractivity contribution in [2.24, 2.45) is 0 Å². The van der Waals surface area contributed by atoms with E-state index in [-0.39, 0.29) is 35.0 Å². The third-order valence-corrected chi connectivity index (χ3v) is 5.57. The molecule has 0 heterocycles. The summed E-state index contributed by atoms with van der Waals surface area (Å²) in [6, 6.07) is 8.39. The highest BCUT2D eigenvalue weighted by Gasteiger charge is 2.29. The third-order valence-electron chi connectivity index (χ3n) is 4.11. The predicted octanol–water partition coefficient (Wildman–Crippen LogP) is 3.26. The van der Waals surface area contributed by atoms with Crippen LogP contribution in [0.25, 0.3) is 0 Å². The van der Waals surface area contributed by atoms with Gasteiger partial charge in [0, 0.05) is 19.0 Å². The minimum atomic E-state index is -4.53. The minimum Gasteiger partial charge on any atom is -0.493 e. The van der Waals surface area contributed by atoms with Crippen LogP contribution in [0.1, 0.15) is 12.0 Å². The molecule has 0 saturated carbocycles. The Morgan fingerprint density at radius 2 is 1.69 bits per heavy atom. The molecule has 0 aliphatic carbocycles. The average molecular weight is 476 g/mol. The van der Waals surface area contributed by atoms with Crippen LogP contribution in [0.2, 0.25) is 0 Å². The van der Waals surface area contributed by atoms with Crippen LogP contribution in [-0.2, 0) is 14.8 Å². The molecule has 0 spiro atoms. The van der Waals surface area contributed by atoms with Crippen LogP contribution in [0.5, 0.6) is 17.2 Å². The topological polar surface area (TPSA) is 103 Å². The van der Waals surface area contributed by atoms with Crippen molar-refractivity contribution in [1.82, 2.24) is 4.72 Å². The molecular formula is C20H23F3N2O6S. The van der Waals surface area contributed by atoms with Gasteiger partial charge in [-0.15, -0.1) is 0 Å². The zero-order valence-electron chi connectivity index (χ0n) is 17.6. The summed E-state index contributed by atoms with van der Waals surface area (Å²) in [5.74, 6) is -0.173. The summed E-state index contributed by atoms with van der Waals surface area (Å²) in [6.07, 6.45) is -4.80. The molecule has 0 aliphatic heterocycles. The molecule has 0 unspecified atom stereocenters. The van der Waals surface area contributed by atoms with Crippen LogP contribution < -0.4 is 24.2 Å². The first-order chi connectivity index (χ1) is 14.9. The van der Waals surface area contributed by atoms with Gasteiger partial charge < -0.3 is 19.5 Å².